The second-order valence-corrected chi connectivity index (χ2v) is 8.18. The molecular weight excluding hydrogens is 518 g/mol. The van der Waals surface area contributed by atoms with Gasteiger partial charge in [0.25, 0.3) is 6.43 Å². The van der Waals surface area contributed by atoms with E-state index in [1.807, 2.05) is 0 Å². The third-order valence-corrected chi connectivity index (χ3v) is 5.46. The van der Waals surface area contributed by atoms with Crippen LogP contribution in [0.15, 0.2) is 53.3 Å². The molecule has 0 spiro atoms. The van der Waals surface area contributed by atoms with Gasteiger partial charge >= 0.3 is 11.9 Å². The molecule has 0 fully saturated rings. The van der Waals surface area contributed by atoms with Gasteiger partial charge in [0.05, 0.1) is 17.1 Å². The summed E-state index contributed by atoms with van der Waals surface area (Å²) in [7, 11) is 0. The van der Waals surface area contributed by atoms with Crippen molar-refractivity contribution in [3.05, 3.63) is 80.7 Å². The Morgan fingerprint density at radius 2 is 1.66 bits per heavy atom. The number of para-hydroxylation sites is 1. The molecule has 0 aliphatic heterocycles. The van der Waals surface area contributed by atoms with Gasteiger partial charge in [0.15, 0.2) is 17.5 Å². The molecule has 0 radical (unpaired) electrons. The van der Waals surface area contributed by atoms with E-state index in [0.29, 0.717) is 10.6 Å². The summed E-state index contributed by atoms with van der Waals surface area (Å²) >= 11 is 12.0. The van der Waals surface area contributed by atoms with E-state index in [4.69, 9.17) is 23.2 Å². The van der Waals surface area contributed by atoms with Crippen LogP contribution in [-0.4, -0.2) is 35.3 Å². The minimum atomic E-state index is -4.51. The zero-order chi connectivity index (χ0) is 25.3. The molecule has 184 valence electrons. The second kappa shape index (κ2) is 9.78. The van der Waals surface area contributed by atoms with Crippen molar-refractivity contribution in [2.75, 3.05) is 0 Å². The molecule has 0 saturated heterocycles. The number of benzene rings is 2. The van der Waals surface area contributed by atoms with Crippen molar-refractivity contribution in [3.63, 3.8) is 0 Å². The summed E-state index contributed by atoms with van der Waals surface area (Å²) < 4.78 is 68.4. The summed E-state index contributed by atoms with van der Waals surface area (Å²) in [5, 5.41) is 8.70. The Balaban J connectivity index is 1.75. The van der Waals surface area contributed by atoms with Crippen LogP contribution in [0, 0.1) is 0 Å². The summed E-state index contributed by atoms with van der Waals surface area (Å²) in [4.78, 5) is 16.7. The highest BCUT2D eigenvalue weighted by molar-refractivity contribution is 6.32. The monoisotopic (exact) mass is 532 g/mol. The van der Waals surface area contributed by atoms with Gasteiger partial charge < -0.3 is 0 Å². The van der Waals surface area contributed by atoms with Crippen LogP contribution >= 0.6 is 23.2 Å². The Bertz CT molecular complexity index is 1390. The van der Waals surface area contributed by atoms with Gasteiger partial charge in [0.2, 0.25) is 0 Å². The van der Waals surface area contributed by atoms with E-state index in [1.54, 1.807) is 12.1 Å². The molecule has 0 aliphatic carbocycles. The number of aromatic nitrogens is 6. The molecule has 0 atom stereocenters. The average molecular weight is 533 g/mol. The Kier molecular flexibility index (Phi) is 6.95. The van der Waals surface area contributed by atoms with Crippen LogP contribution in [0.5, 0.6) is 0 Å². The molecule has 2 aromatic heterocycles. The highest BCUT2D eigenvalue weighted by Gasteiger charge is 2.29. The largest absolute Gasteiger partial charge is 0.390 e. The zero-order valence-corrected chi connectivity index (χ0v) is 19.1. The molecule has 7 nitrogen and oxygen atoms in total. The molecule has 0 unspecified atom stereocenters. The number of nitrogens with zero attached hydrogens (tertiary/aromatic N) is 6. The van der Waals surface area contributed by atoms with Crippen molar-refractivity contribution in [3.8, 4) is 17.1 Å². The topological polar surface area (TPSA) is 70.5 Å². The Morgan fingerprint density at radius 1 is 0.971 bits per heavy atom. The molecule has 0 N–H and O–H groups in total. The van der Waals surface area contributed by atoms with Crippen LogP contribution in [0.2, 0.25) is 10.0 Å². The number of alkyl halides is 5. The lowest BCUT2D eigenvalue weighted by Gasteiger charge is -2.08. The van der Waals surface area contributed by atoms with Crippen molar-refractivity contribution in [2.45, 2.75) is 32.1 Å². The van der Waals surface area contributed by atoms with Gasteiger partial charge in [-0.15, -0.1) is 10.2 Å². The predicted octanol–water partition coefficient (Wildman–Crippen LogP) is 5.54. The summed E-state index contributed by atoms with van der Waals surface area (Å²) in [6, 6.07) is 12.1. The predicted molar refractivity (Wildman–Crippen MR) is 118 cm³/mol. The van der Waals surface area contributed by atoms with Gasteiger partial charge in [-0.2, -0.15) is 13.2 Å². The van der Waals surface area contributed by atoms with Crippen LogP contribution in [0.1, 0.15) is 24.5 Å². The molecule has 0 aliphatic rings. The van der Waals surface area contributed by atoms with Crippen LogP contribution in [0.4, 0.5) is 22.0 Å². The first-order valence-corrected chi connectivity index (χ1v) is 10.8. The quantitative estimate of drug-likeness (QED) is 0.293. The van der Waals surface area contributed by atoms with Crippen LogP contribution in [0.25, 0.3) is 17.1 Å². The Labute approximate surface area is 204 Å². The summed E-state index contributed by atoms with van der Waals surface area (Å²) in [6.07, 6.45) is -8.80. The van der Waals surface area contributed by atoms with Crippen molar-refractivity contribution in [1.29, 1.82) is 0 Å². The van der Waals surface area contributed by atoms with E-state index >= 15 is 0 Å². The fraction of sp³-hybridized carbons (Fsp3) is 0.238. The molecule has 14 heteroatoms. The Morgan fingerprint density at radius 3 is 2.29 bits per heavy atom. The number of hydrogen-bond acceptors (Lipinski definition) is 4. The zero-order valence-electron chi connectivity index (χ0n) is 17.6. The Hall–Kier alpha value is -3.25. The number of hydrogen-bond donors (Lipinski definition) is 0. The lowest BCUT2D eigenvalue weighted by Crippen LogP contribution is -2.27. The van der Waals surface area contributed by atoms with Crippen molar-refractivity contribution in [1.82, 2.24) is 29.1 Å². The molecule has 2 heterocycles. The lowest BCUT2D eigenvalue weighted by molar-refractivity contribution is -0.136. The maximum atomic E-state index is 13.6. The first kappa shape index (κ1) is 24.9. The lowest BCUT2D eigenvalue weighted by atomic mass is 10.2. The molecule has 35 heavy (non-hydrogen) atoms. The van der Waals surface area contributed by atoms with Gasteiger partial charge in [0, 0.05) is 17.1 Å². The molecule has 0 bridgehead atoms. The van der Waals surface area contributed by atoms with Gasteiger partial charge in [-0.1, -0.05) is 35.3 Å². The molecule has 4 aromatic rings. The van der Waals surface area contributed by atoms with Crippen LogP contribution in [0.3, 0.4) is 0 Å². The van der Waals surface area contributed by atoms with E-state index in [9.17, 15) is 26.7 Å². The first-order valence-electron chi connectivity index (χ1n) is 10.0. The maximum Gasteiger partial charge on any atom is 0.390 e. The molecule has 4 rings (SSSR count). The first-order chi connectivity index (χ1) is 16.5. The molecular formula is C21H15Cl2F5N6O. The highest BCUT2D eigenvalue weighted by Crippen LogP contribution is 2.26. The van der Waals surface area contributed by atoms with E-state index in [-0.39, 0.29) is 22.4 Å². The van der Waals surface area contributed by atoms with E-state index in [1.165, 1.54) is 36.4 Å². The summed E-state index contributed by atoms with van der Waals surface area (Å²) in [5.41, 5.74) is -0.393. The average Bonchev–Trinajstić information content (AvgIpc) is 3.34. The normalized spacial score (nSPS) is 12.0. The third kappa shape index (κ3) is 5.54. The minimum absolute atomic E-state index is 0.0458. The van der Waals surface area contributed by atoms with Gasteiger partial charge in [0.1, 0.15) is 6.54 Å². The third-order valence-electron chi connectivity index (χ3n) is 4.89. The van der Waals surface area contributed by atoms with Crippen LogP contribution in [-0.2, 0) is 13.1 Å². The van der Waals surface area contributed by atoms with Crippen molar-refractivity contribution >= 4 is 23.2 Å². The standard InChI is InChI=1S/C21H15Cl2F5N6O/c22-13-7-5-12(6-8-13)18-31-33(20(35)32(18)10-9-21(26,27)28)11-16-29-19(17(24)25)34(30-16)15-4-2-1-3-14(15)23/h1-8,17H,9-11H2. The summed E-state index contributed by atoms with van der Waals surface area (Å²) in [5.74, 6) is -0.962. The van der Waals surface area contributed by atoms with E-state index in [0.717, 1.165) is 13.9 Å². The van der Waals surface area contributed by atoms with Crippen molar-refractivity contribution in [2.24, 2.45) is 0 Å². The molecule has 2 aromatic carbocycles. The SMILES string of the molecule is O=c1n(Cc2nc(C(F)F)n(-c3ccccc3Cl)n2)nc(-c2ccc(Cl)cc2)n1CCC(F)(F)F. The van der Waals surface area contributed by atoms with Gasteiger partial charge in [-0.25, -0.2) is 27.9 Å². The highest BCUT2D eigenvalue weighted by atomic mass is 35.5. The fourth-order valence-electron chi connectivity index (χ4n) is 3.31. The molecule has 0 amide bonds. The van der Waals surface area contributed by atoms with Crippen LogP contribution < -0.4 is 5.69 Å². The number of rotatable bonds is 7. The smallest absolute Gasteiger partial charge is 0.275 e. The second-order valence-electron chi connectivity index (χ2n) is 7.34. The summed E-state index contributed by atoms with van der Waals surface area (Å²) in [6.45, 7) is -1.15. The minimum Gasteiger partial charge on any atom is -0.275 e. The maximum absolute atomic E-state index is 13.6. The fourth-order valence-corrected chi connectivity index (χ4v) is 3.65. The van der Waals surface area contributed by atoms with Crippen molar-refractivity contribution < 1.29 is 22.0 Å². The van der Waals surface area contributed by atoms with Gasteiger partial charge in [-0.05, 0) is 36.4 Å². The van der Waals surface area contributed by atoms with E-state index < -0.39 is 43.6 Å². The molecule has 0 saturated carbocycles. The van der Waals surface area contributed by atoms with Gasteiger partial charge in [-0.3, -0.25) is 4.57 Å². The number of halogens is 7. The van der Waals surface area contributed by atoms with E-state index in [2.05, 4.69) is 15.2 Å².